The first-order valence-electron chi connectivity index (χ1n) is 7.76. The number of benzene rings is 1. The van der Waals surface area contributed by atoms with Gasteiger partial charge in [-0.3, -0.25) is 4.79 Å². The molecule has 118 valence electrons. The number of nitrogens with one attached hydrogen (secondary N) is 1. The average Bonchev–Trinajstić information content (AvgIpc) is 3.19. The van der Waals surface area contributed by atoms with Gasteiger partial charge in [0.15, 0.2) is 0 Å². The predicted octanol–water partition coefficient (Wildman–Crippen LogP) is 3.73. The van der Waals surface area contributed by atoms with Crippen molar-refractivity contribution in [3.63, 3.8) is 0 Å². The monoisotopic (exact) mass is 335 g/mol. The Balaban J connectivity index is 1.49. The van der Waals surface area contributed by atoms with E-state index < -0.39 is 6.10 Å². The summed E-state index contributed by atoms with van der Waals surface area (Å²) in [6.07, 6.45) is 4.42. The molecule has 0 aliphatic heterocycles. The molecule has 1 amide bonds. The van der Waals surface area contributed by atoms with Gasteiger partial charge in [0, 0.05) is 22.1 Å². The van der Waals surface area contributed by atoms with Gasteiger partial charge in [-0.1, -0.05) is 31.0 Å². The Morgan fingerprint density at radius 1 is 1.36 bits per heavy atom. The first kappa shape index (κ1) is 15.8. The molecule has 2 aromatic rings. The molecule has 5 heteroatoms. The van der Waals surface area contributed by atoms with Gasteiger partial charge in [0.25, 0.3) is 0 Å². The molecule has 0 bridgehead atoms. The molecule has 0 spiro atoms. The number of fused-ring (bicyclic) bond motifs is 1. The van der Waals surface area contributed by atoms with E-state index in [9.17, 15) is 9.90 Å². The van der Waals surface area contributed by atoms with Crippen molar-refractivity contribution < 1.29 is 9.90 Å². The minimum atomic E-state index is -0.642. The van der Waals surface area contributed by atoms with E-state index in [1.54, 1.807) is 23.1 Å². The van der Waals surface area contributed by atoms with Crippen molar-refractivity contribution in [2.24, 2.45) is 0 Å². The number of carbonyl (C=O) groups is 1. The van der Waals surface area contributed by atoms with Crippen molar-refractivity contribution in [3.8, 4) is 0 Å². The van der Waals surface area contributed by atoms with Crippen LogP contribution in [0.4, 0.5) is 0 Å². The highest BCUT2D eigenvalue weighted by Crippen LogP contribution is 2.30. The molecule has 1 saturated carbocycles. The summed E-state index contributed by atoms with van der Waals surface area (Å²) in [5.41, 5.74) is 0.907. The summed E-state index contributed by atoms with van der Waals surface area (Å²) in [5, 5.41) is 16.9. The number of thioether (sulfide) groups is 1. The van der Waals surface area contributed by atoms with Crippen LogP contribution in [0.25, 0.3) is 10.1 Å². The molecule has 1 heterocycles. The van der Waals surface area contributed by atoms with E-state index in [0.29, 0.717) is 11.0 Å². The lowest BCUT2D eigenvalue weighted by atomic mass is 10.1. The van der Waals surface area contributed by atoms with Gasteiger partial charge in [-0.05, 0) is 29.7 Å². The molecule has 3 rings (SSSR count). The summed E-state index contributed by atoms with van der Waals surface area (Å²) >= 11 is 3.38. The second-order valence-electron chi connectivity index (χ2n) is 5.72. The van der Waals surface area contributed by atoms with Crippen LogP contribution in [0, 0.1) is 0 Å². The van der Waals surface area contributed by atoms with E-state index in [1.165, 1.54) is 30.4 Å². The van der Waals surface area contributed by atoms with Crippen LogP contribution in [0.15, 0.2) is 29.6 Å². The second-order valence-corrected chi connectivity index (χ2v) is 7.92. The van der Waals surface area contributed by atoms with Crippen LogP contribution < -0.4 is 5.32 Å². The summed E-state index contributed by atoms with van der Waals surface area (Å²) in [4.78, 5) is 11.9. The van der Waals surface area contributed by atoms with Gasteiger partial charge in [-0.25, -0.2) is 0 Å². The van der Waals surface area contributed by atoms with E-state index in [-0.39, 0.29) is 12.5 Å². The highest BCUT2D eigenvalue weighted by Gasteiger charge is 2.18. The fourth-order valence-electron chi connectivity index (χ4n) is 2.88. The summed E-state index contributed by atoms with van der Waals surface area (Å²) in [5.74, 6) is 0.525. The van der Waals surface area contributed by atoms with Crippen LogP contribution in [0.1, 0.15) is 37.4 Å². The van der Waals surface area contributed by atoms with Gasteiger partial charge in [-0.2, -0.15) is 0 Å². The Morgan fingerprint density at radius 2 is 2.14 bits per heavy atom. The molecule has 1 atom stereocenters. The molecule has 0 unspecified atom stereocenters. The minimum absolute atomic E-state index is 0.0236. The summed E-state index contributed by atoms with van der Waals surface area (Å²) in [6, 6.07) is 8.04. The van der Waals surface area contributed by atoms with E-state index >= 15 is 0 Å². The zero-order valence-corrected chi connectivity index (χ0v) is 14.1. The van der Waals surface area contributed by atoms with E-state index in [1.807, 2.05) is 29.6 Å². The third-order valence-corrected chi connectivity index (χ3v) is 6.47. The molecule has 0 radical (unpaired) electrons. The van der Waals surface area contributed by atoms with Crippen LogP contribution in [0.3, 0.4) is 0 Å². The molecular weight excluding hydrogens is 314 g/mol. The standard InChI is InChI=1S/C17H21NO2S2/c19-15(14-10-22-16-8-4-3-7-13(14)16)9-18-17(20)11-21-12-5-1-2-6-12/h3-4,7-8,10,12,15,19H,1-2,5-6,9,11H2,(H,18,20)/t15-/m0/s1. The van der Waals surface area contributed by atoms with Crippen LogP contribution in [-0.2, 0) is 4.79 Å². The van der Waals surface area contributed by atoms with E-state index in [0.717, 1.165) is 10.9 Å². The van der Waals surface area contributed by atoms with Crippen LogP contribution in [0.2, 0.25) is 0 Å². The molecule has 1 aromatic heterocycles. The Bertz CT molecular complexity index is 634. The molecule has 1 aromatic carbocycles. The highest BCUT2D eigenvalue weighted by atomic mass is 32.2. The number of carbonyl (C=O) groups excluding carboxylic acids is 1. The van der Waals surface area contributed by atoms with Gasteiger partial charge < -0.3 is 10.4 Å². The quantitative estimate of drug-likeness (QED) is 0.846. The lowest BCUT2D eigenvalue weighted by molar-refractivity contribution is -0.119. The van der Waals surface area contributed by atoms with Crippen LogP contribution in [-0.4, -0.2) is 28.6 Å². The van der Waals surface area contributed by atoms with Crippen LogP contribution >= 0.6 is 23.1 Å². The number of aliphatic hydroxyl groups is 1. The zero-order chi connectivity index (χ0) is 15.4. The first-order chi connectivity index (χ1) is 10.7. The summed E-state index contributed by atoms with van der Waals surface area (Å²) in [6.45, 7) is 0.283. The Morgan fingerprint density at radius 3 is 2.95 bits per heavy atom. The van der Waals surface area contributed by atoms with Crippen molar-refractivity contribution in [2.45, 2.75) is 37.0 Å². The van der Waals surface area contributed by atoms with Gasteiger partial charge >= 0.3 is 0 Å². The molecule has 2 N–H and O–H groups in total. The summed E-state index contributed by atoms with van der Waals surface area (Å²) < 4.78 is 1.17. The number of hydrogen-bond acceptors (Lipinski definition) is 4. The van der Waals surface area contributed by atoms with Gasteiger partial charge in [0.05, 0.1) is 11.9 Å². The molecule has 1 fully saturated rings. The van der Waals surface area contributed by atoms with Crippen LogP contribution in [0.5, 0.6) is 0 Å². The lowest BCUT2D eigenvalue weighted by Crippen LogP contribution is -2.30. The average molecular weight is 335 g/mol. The topological polar surface area (TPSA) is 49.3 Å². The Labute approximate surface area is 139 Å². The fourth-order valence-corrected chi connectivity index (χ4v) is 5.04. The maximum atomic E-state index is 11.9. The molecular formula is C17H21NO2S2. The van der Waals surface area contributed by atoms with Gasteiger partial charge in [0.2, 0.25) is 5.91 Å². The largest absolute Gasteiger partial charge is 0.387 e. The number of hydrogen-bond donors (Lipinski definition) is 2. The number of thiophene rings is 1. The van der Waals surface area contributed by atoms with Crippen molar-refractivity contribution in [1.82, 2.24) is 5.32 Å². The predicted molar refractivity (Wildman–Crippen MR) is 94.5 cm³/mol. The third-order valence-electron chi connectivity index (χ3n) is 4.11. The third kappa shape index (κ3) is 3.83. The molecule has 1 aliphatic rings. The maximum absolute atomic E-state index is 11.9. The van der Waals surface area contributed by atoms with Crippen molar-refractivity contribution in [2.75, 3.05) is 12.3 Å². The second kappa shape index (κ2) is 7.49. The van der Waals surface area contributed by atoms with Crippen molar-refractivity contribution >= 4 is 39.1 Å². The Hall–Kier alpha value is -1.04. The lowest BCUT2D eigenvalue weighted by Gasteiger charge is -2.13. The van der Waals surface area contributed by atoms with Gasteiger partial charge in [0.1, 0.15) is 0 Å². The van der Waals surface area contributed by atoms with Crippen molar-refractivity contribution in [1.29, 1.82) is 0 Å². The first-order valence-corrected chi connectivity index (χ1v) is 9.69. The van der Waals surface area contributed by atoms with Crippen molar-refractivity contribution in [3.05, 3.63) is 35.2 Å². The molecule has 3 nitrogen and oxygen atoms in total. The van der Waals surface area contributed by atoms with E-state index in [2.05, 4.69) is 5.32 Å². The number of rotatable bonds is 6. The number of amides is 1. The van der Waals surface area contributed by atoms with Gasteiger partial charge in [-0.15, -0.1) is 23.1 Å². The normalized spacial score (nSPS) is 17.0. The minimum Gasteiger partial charge on any atom is -0.387 e. The maximum Gasteiger partial charge on any atom is 0.230 e. The Kier molecular flexibility index (Phi) is 5.39. The molecule has 1 aliphatic carbocycles. The zero-order valence-electron chi connectivity index (χ0n) is 12.5. The fraction of sp³-hybridized carbons (Fsp3) is 0.471. The highest BCUT2D eigenvalue weighted by molar-refractivity contribution is 8.00. The SMILES string of the molecule is O=C(CSC1CCCC1)NC[C@H](O)c1csc2ccccc12. The van der Waals surface area contributed by atoms with E-state index in [4.69, 9.17) is 0 Å². The summed E-state index contributed by atoms with van der Waals surface area (Å²) in [7, 11) is 0. The molecule has 0 saturated heterocycles. The smallest absolute Gasteiger partial charge is 0.230 e. The molecule has 22 heavy (non-hydrogen) atoms. The number of aliphatic hydroxyl groups excluding tert-OH is 1.